The molecule has 0 atom stereocenters. The smallest absolute Gasteiger partial charge is 0.0299 e. The Morgan fingerprint density at radius 3 is 2.74 bits per heavy atom. The number of aryl methyl sites for hydroxylation is 1. The molecule has 0 radical (unpaired) electrons. The highest BCUT2D eigenvalue weighted by Crippen LogP contribution is 2.20. The molecule has 1 saturated carbocycles. The lowest BCUT2D eigenvalue weighted by Crippen LogP contribution is -2.18. The van der Waals surface area contributed by atoms with Gasteiger partial charge in [-0.15, -0.1) is 11.3 Å². The van der Waals surface area contributed by atoms with Gasteiger partial charge in [-0.2, -0.15) is 0 Å². The molecule has 1 heterocycles. The lowest BCUT2D eigenvalue weighted by molar-refractivity contribution is 0.555. The first-order valence-corrected chi connectivity index (χ1v) is 8.57. The molecule has 0 saturated heterocycles. The molecule has 1 aliphatic rings. The van der Waals surface area contributed by atoms with E-state index in [1.807, 2.05) is 11.3 Å². The highest BCUT2D eigenvalue weighted by atomic mass is 32.1. The Labute approximate surface area is 122 Å². The van der Waals surface area contributed by atoms with Crippen molar-refractivity contribution < 1.29 is 0 Å². The van der Waals surface area contributed by atoms with Gasteiger partial charge in [-0.1, -0.05) is 13.8 Å². The van der Waals surface area contributed by atoms with Crippen molar-refractivity contribution in [3.05, 3.63) is 21.9 Å². The van der Waals surface area contributed by atoms with Crippen LogP contribution in [0.1, 0.15) is 49.3 Å². The first-order valence-electron chi connectivity index (χ1n) is 7.75. The fourth-order valence-electron chi connectivity index (χ4n) is 2.15. The van der Waals surface area contributed by atoms with Crippen molar-refractivity contribution in [2.24, 2.45) is 5.92 Å². The normalized spacial score (nSPS) is 15.3. The van der Waals surface area contributed by atoms with Gasteiger partial charge >= 0.3 is 0 Å². The van der Waals surface area contributed by atoms with Gasteiger partial charge in [-0.25, -0.2) is 0 Å². The van der Waals surface area contributed by atoms with Gasteiger partial charge in [0.25, 0.3) is 0 Å². The number of nitrogens with one attached hydrogen (secondary N) is 2. The quantitative estimate of drug-likeness (QED) is 0.640. The van der Waals surface area contributed by atoms with Crippen LogP contribution in [-0.4, -0.2) is 19.1 Å². The average molecular weight is 280 g/mol. The molecule has 0 amide bonds. The van der Waals surface area contributed by atoms with Gasteiger partial charge in [0.2, 0.25) is 0 Å². The van der Waals surface area contributed by atoms with Gasteiger partial charge in [-0.3, -0.25) is 0 Å². The molecule has 1 aromatic rings. The van der Waals surface area contributed by atoms with E-state index in [-0.39, 0.29) is 0 Å². The fraction of sp³-hybridized carbons (Fsp3) is 0.750. The number of rotatable bonds is 10. The van der Waals surface area contributed by atoms with Crippen molar-refractivity contribution in [1.82, 2.24) is 10.6 Å². The Bertz CT molecular complexity index is 355. The van der Waals surface area contributed by atoms with Crippen LogP contribution in [0.25, 0.3) is 0 Å². The van der Waals surface area contributed by atoms with Gasteiger partial charge in [0.05, 0.1) is 0 Å². The SMILES string of the molecule is CC(C)CNCc1ccc(CCCCNC2CC2)s1. The third-order valence-corrected chi connectivity index (χ3v) is 4.57. The molecule has 0 bridgehead atoms. The van der Waals surface area contributed by atoms with E-state index in [1.54, 1.807) is 4.88 Å². The second-order valence-corrected chi connectivity index (χ2v) is 7.33. The number of thiophene rings is 1. The minimum atomic E-state index is 0.735. The summed E-state index contributed by atoms with van der Waals surface area (Å²) in [6.07, 6.45) is 6.69. The summed E-state index contributed by atoms with van der Waals surface area (Å²) in [5.41, 5.74) is 0. The summed E-state index contributed by atoms with van der Waals surface area (Å²) in [7, 11) is 0. The third-order valence-electron chi connectivity index (χ3n) is 3.43. The second kappa shape index (κ2) is 8.03. The summed E-state index contributed by atoms with van der Waals surface area (Å²) in [5, 5.41) is 7.09. The maximum atomic E-state index is 3.58. The van der Waals surface area contributed by atoms with Crippen molar-refractivity contribution in [1.29, 1.82) is 0 Å². The monoisotopic (exact) mass is 280 g/mol. The molecule has 2 rings (SSSR count). The van der Waals surface area contributed by atoms with Crippen molar-refractivity contribution in [3.63, 3.8) is 0 Å². The van der Waals surface area contributed by atoms with Crippen molar-refractivity contribution in [2.45, 2.75) is 58.5 Å². The standard InChI is InChI=1S/C16H28N2S/c1-13(2)11-17-12-16-9-8-15(19-16)5-3-4-10-18-14-6-7-14/h8-9,13-14,17-18H,3-7,10-12H2,1-2H3. The van der Waals surface area contributed by atoms with E-state index in [2.05, 4.69) is 36.6 Å². The Morgan fingerprint density at radius 1 is 1.21 bits per heavy atom. The van der Waals surface area contributed by atoms with Gasteiger partial charge in [0.1, 0.15) is 0 Å². The van der Waals surface area contributed by atoms with Gasteiger partial charge in [0, 0.05) is 22.3 Å². The highest BCUT2D eigenvalue weighted by molar-refractivity contribution is 7.11. The predicted molar refractivity (Wildman–Crippen MR) is 84.8 cm³/mol. The molecule has 3 heteroatoms. The van der Waals surface area contributed by atoms with Crippen LogP contribution in [0.2, 0.25) is 0 Å². The molecular formula is C16H28N2S. The molecule has 0 aliphatic heterocycles. The van der Waals surface area contributed by atoms with E-state index >= 15 is 0 Å². The van der Waals surface area contributed by atoms with E-state index in [1.165, 1.54) is 43.5 Å². The largest absolute Gasteiger partial charge is 0.314 e. The van der Waals surface area contributed by atoms with Gasteiger partial charge < -0.3 is 10.6 Å². The maximum absolute atomic E-state index is 3.58. The summed E-state index contributed by atoms with van der Waals surface area (Å²) in [5.74, 6) is 0.735. The van der Waals surface area contributed by atoms with E-state index in [9.17, 15) is 0 Å². The summed E-state index contributed by atoms with van der Waals surface area (Å²) >= 11 is 1.98. The lowest BCUT2D eigenvalue weighted by atomic mass is 10.2. The van der Waals surface area contributed by atoms with Crippen molar-refractivity contribution in [3.8, 4) is 0 Å². The second-order valence-electron chi connectivity index (χ2n) is 6.08. The van der Waals surface area contributed by atoms with Crippen molar-refractivity contribution in [2.75, 3.05) is 13.1 Å². The summed E-state index contributed by atoms with van der Waals surface area (Å²) < 4.78 is 0. The van der Waals surface area contributed by atoms with E-state index in [0.717, 1.165) is 25.0 Å². The van der Waals surface area contributed by atoms with Crippen LogP contribution >= 0.6 is 11.3 Å². The molecule has 1 aliphatic carbocycles. The zero-order valence-electron chi connectivity index (χ0n) is 12.4. The van der Waals surface area contributed by atoms with E-state index in [0.29, 0.717) is 0 Å². The highest BCUT2D eigenvalue weighted by Gasteiger charge is 2.19. The molecule has 19 heavy (non-hydrogen) atoms. The maximum Gasteiger partial charge on any atom is 0.0299 e. The molecule has 0 unspecified atom stereocenters. The number of unbranched alkanes of at least 4 members (excludes halogenated alkanes) is 1. The van der Waals surface area contributed by atoms with Crippen LogP contribution < -0.4 is 10.6 Å². The van der Waals surface area contributed by atoms with Crippen LogP contribution in [0.4, 0.5) is 0 Å². The van der Waals surface area contributed by atoms with Crippen LogP contribution in [0, 0.1) is 5.92 Å². The van der Waals surface area contributed by atoms with Crippen molar-refractivity contribution >= 4 is 11.3 Å². The topological polar surface area (TPSA) is 24.1 Å². The number of hydrogen-bond donors (Lipinski definition) is 2. The third kappa shape index (κ3) is 6.55. The minimum absolute atomic E-state index is 0.735. The first kappa shape index (κ1) is 15.0. The molecule has 0 spiro atoms. The summed E-state index contributed by atoms with van der Waals surface area (Å²) in [4.78, 5) is 3.03. The van der Waals surface area contributed by atoms with E-state index < -0.39 is 0 Å². The molecule has 0 aromatic carbocycles. The Kier molecular flexibility index (Phi) is 6.35. The molecule has 1 aromatic heterocycles. The van der Waals surface area contributed by atoms with Gasteiger partial charge in [0.15, 0.2) is 0 Å². The molecule has 2 N–H and O–H groups in total. The number of hydrogen-bond acceptors (Lipinski definition) is 3. The Balaban J connectivity index is 1.54. The van der Waals surface area contributed by atoms with Gasteiger partial charge in [-0.05, 0) is 63.2 Å². The molecular weight excluding hydrogens is 252 g/mol. The average Bonchev–Trinajstić information content (AvgIpc) is 3.08. The summed E-state index contributed by atoms with van der Waals surface area (Å²) in [6, 6.07) is 5.46. The lowest BCUT2D eigenvalue weighted by Gasteiger charge is -2.05. The van der Waals surface area contributed by atoms with Crippen LogP contribution in [0.15, 0.2) is 12.1 Å². The first-order chi connectivity index (χ1) is 9.24. The van der Waals surface area contributed by atoms with E-state index in [4.69, 9.17) is 0 Å². The Hall–Kier alpha value is -0.380. The Morgan fingerprint density at radius 2 is 2.00 bits per heavy atom. The zero-order chi connectivity index (χ0) is 13.5. The fourth-order valence-corrected chi connectivity index (χ4v) is 3.18. The molecule has 2 nitrogen and oxygen atoms in total. The molecule has 108 valence electrons. The van der Waals surface area contributed by atoms with Crippen LogP contribution in [0.5, 0.6) is 0 Å². The minimum Gasteiger partial charge on any atom is -0.314 e. The molecule has 1 fully saturated rings. The van der Waals surface area contributed by atoms with Crippen LogP contribution in [-0.2, 0) is 13.0 Å². The zero-order valence-corrected chi connectivity index (χ0v) is 13.2. The summed E-state index contributed by atoms with van der Waals surface area (Å²) in [6.45, 7) is 7.86. The van der Waals surface area contributed by atoms with Crippen LogP contribution in [0.3, 0.4) is 0 Å². The predicted octanol–water partition coefficient (Wildman–Crippen LogP) is 3.57.